The van der Waals surface area contributed by atoms with Crippen molar-refractivity contribution in [2.75, 3.05) is 13.1 Å². The summed E-state index contributed by atoms with van der Waals surface area (Å²) in [6, 6.07) is -3.15. The van der Waals surface area contributed by atoms with E-state index < -0.39 is 54.5 Å². The fourth-order valence-corrected chi connectivity index (χ4v) is 1.94. The van der Waals surface area contributed by atoms with E-state index in [9.17, 15) is 24.3 Å². The minimum atomic E-state index is -1.21. The van der Waals surface area contributed by atoms with Gasteiger partial charge in [0.1, 0.15) is 24.7 Å². The molecule has 0 aliphatic carbocycles. The maximum Gasteiger partial charge on any atom is 0.322 e. The summed E-state index contributed by atoms with van der Waals surface area (Å²) in [4.78, 5) is 46.6. The number of carboxylic acid groups (broad SMARTS) is 1. The Hall–Kier alpha value is -2.24. The summed E-state index contributed by atoms with van der Waals surface area (Å²) in [5.74, 6) is -3.20. The van der Waals surface area contributed by atoms with Gasteiger partial charge in [-0.3, -0.25) is 19.2 Å². The molecule has 150 valence electrons. The van der Waals surface area contributed by atoms with Gasteiger partial charge in [-0.15, -0.1) is 0 Å². The highest BCUT2D eigenvalue weighted by molar-refractivity contribution is 5.93. The number of aliphatic hydroxyl groups excluding tert-OH is 1. The second-order valence-corrected chi connectivity index (χ2v) is 5.95. The van der Waals surface area contributed by atoms with Crippen LogP contribution in [0, 0.1) is 0 Å². The summed E-state index contributed by atoms with van der Waals surface area (Å²) in [5.41, 5.74) is 10.9. The molecule has 0 aliphatic heterocycles. The lowest BCUT2D eigenvalue weighted by Crippen LogP contribution is -2.56. The average Bonchev–Trinajstić information content (AvgIpc) is 2.57. The number of hydrogen-bond acceptors (Lipinski definition) is 7. The molecule has 0 aromatic carbocycles. The number of amides is 3. The molecule has 9 N–H and O–H groups in total. The van der Waals surface area contributed by atoms with Gasteiger partial charge in [-0.1, -0.05) is 0 Å². The van der Waals surface area contributed by atoms with E-state index in [1.165, 1.54) is 13.8 Å². The fraction of sp³-hybridized carbons (Fsp3) is 0.733. The summed E-state index contributed by atoms with van der Waals surface area (Å²) in [5, 5.41) is 24.9. The number of carbonyl (C=O) groups excluding carboxylic acids is 3. The Labute approximate surface area is 151 Å². The zero-order valence-electron chi connectivity index (χ0n) is 15.0. The number of rotatable bonds is 12. The van der Waals surface area contributed by atoms with Crippen LogP contribution in [0.5, 0.6) is 0 Å². The number of hydrogen-bond donors (Lipinski definition) is 7. The summed E-state index contributed by atoms with van der Waals surface area (Å²) >= 11 is 0. The smallest absolute Gasteiger partial charge is 0.322 e. The van der Waals surface area contributed by atoms with Crippen molar-refractivity contribution in [1.29, 1.82) is 0 Å². The molecule has 3 amide bonds. The molecule has 0 aromatic rings. The predicted molar refractivity (Wildman–Crippen MR) is 92.7 cm³/mol. The molecular formula is C15H29N5O6. The Morgan fingerprint density at radius 1 is 1.00 bits per heavy atom. The van der Waals surface area contributed by atoms with Crippen molar-refractivity contribution in [2.45, 2.75) is 57.3 Å². The molecule has 0 bridgehead atoms. The van der Waals surface area contributed by atoms with Crippen molar-refractivity contribution in [2.24, 2.45) is 11.5 Å². The van der Waals surface area contributed by atoms with Gasteiger partial charge in [0.2, 0.25) is 17.7 Å². The third-order valence-electron chi connectivity index (χ3n) is 3.57. The van der Waals surface area contributed by atoms with Gasteiger partial charge in [0.15, 0.2) is 0 Å². The van der Waals surface area contributed by atoms with Gasteiger partial charge in [0.05, 0.1) is 6.10 Å². The lowest BCUT2D eigenvalue weighted by atomic mass is 10.1. The van der Waals surface area contributed by atoms with Crippen molar-refractivity contribution in [3.63, 3.8) is 0 Å². The van der Waals surface area contributed by atoms with Gasteiger partial charge in [-0.2, -0.15) is 0 Å². The van der Waals surface area contributed by atoms with Crippen LogP contribution < -0.4 is 27.4 Å². The lowest BCUT2D eigenvalue weighted by Gasteiger charge is -2.22. The molecule has 0 aliphatic rings. The summed E-state index contributed by atoms with van der Waals surface area (Å²) < 4.78 is 0. The maximum absolute atomic E-state index is 12.2. The first-order valence-electron chi connectivity index (χ1n) is 8.34. The molecule has 0 rings (SSSR count). The van der Waals surface area contributed by atoms with E-state index >= 15 is 0 Å². The van der Waals surface area contributed by atoms with Gasteiger partial charge in [-0.25, -0.2) is 0 Å². The molecular weight excluding hydrogens is 346 g/mol. The van der Waals surface area contributed by atoms with E-state index in [-0.39, 0.29) is 6.42 Å². The van der Waals surface area contributed by atoms with E-state index in [4.69, 9.17) is 16.6 Å². The number of unbranched alkanes of at least 4 members (excludes halogenated alkanes) is 1. The van der Waals surface area contributed by atoms with Crippen LogP contribution in [0.15, 0.2) is 0 Å². The van der Waals surface area contributed by atoms with Crippen LogP contribution in [0.1, 0.15) is 33.1 Å². The van der Waals surface area contributed by atoms with Crippen molar-refractivity contribution >= 4 is 23.7 Å². The van der Waals surface area contributed by atoms with Crippen molar-refractivity contribution in [3.8, 4) is 0 Å². The van der Waals surface area contributed by atoms with Crippen molar-refractivity contribution in [1.82, 2.24) is 16.0 Å². The number of aliphatic carboxylic acids is 1. The van der Waals surface area contributed by atoms with Gasteiger partial charge in [0, 0.05) is 0 Å². The number of nitrogens with one attached hydrogen (secondary N) is 3. The van der Waals surface area contributed by atoms with E-state index in [2.05, 4.69) is 16.0 Å². The topological polar surface area (TPSA) is 197 Å². The van der Waals surface area contributed by atoms with Gasteiger partial charge < -0.3 is 37.6 Å². The standard InChI is InChI=1S/C15H29N5O6/c1-8(19-15(26)12(17)9(2)21)13(24)20-10(5-3-4-6-16)14(25)18-7-11(22)23/h8-10,12,21H,3-7,16-17H2,1-2H3,(H,18,25)(H,19,26)(H,20,24)(H,22,23). The van der Waals surface area contributed by atoms with Gasteiger partial charge >= 0.3 is 5.97 Å². The minimum absolute atomic E-state index is 0.266. The minimum Gasteiger partial charge on any atom is -0.480 e. The summed E-state index contributed by atoms with van der Waals surface area (Å²) in [6.45, 7) is 2.59. The Balaban J connectivity index is 4.78. The Kier molecular flexibility index (Phi) is 11.1. The number of carbonyl (C=O) groups is 4. The van der Waals surface area contributed by atoms with Crippen LogP contribution in [0.4, 0.5) is 0 Å². The molecule has 11 nitrogen and oxygen atoms in total. The van der Waals surface area contributed by atoms with E-state index in [0.29, 0.717) is 19.4 Å². The van der Waals surface area contributed by atoms with Crippen LogP contribution in [-0.2, 0) is 19.2 Å². The predicted octanol–water partition coefficient (Wildman–Crippen LogP) is -2.99. The summed E-state index contributed by atoms with van der Waals surface area (Å²) in [7, 11) is 0. The molecule has 0 radical (unpaired) electrons. The first-order valence-corrected chi connectivity index (χ1v) is 8.34. The molecule has 0 aromatic heterocycles. The lowest BCUT2D eigenvalue weighted by molar-refractivity contribution is -0.138. The molecule has 0 spiro atoms. The SMILES string of the molecule is CC(NC(=O)C(N)C(C)O)C(=O)NC(CCCCN)C(=O)NCC(=O)O. The molecule has 4 unspecified atom stereocenters. The molecule has 0 heterocycles. The molecule has 0 saturated heterocycles. The Morgan fingerprint density at radius 3 is 2.12 bits per heavy atom. The van der Waals surface area contributed by atoms with Crippen LogP contribution in [-0.4, -0.2) is 71.2 Å². The van der Waals surface area contributed by atoms with Crippen molar-refractivity contribution < 1.29 is 29.4 Å². The Bertz CT molecular complexity index is 499. The zero-order valence-corrected chi connectivity index (χ0v) is 15.0. The molecule has 11 heteroatoms. The monoisotopic (exact) mass is 375 g/mol. The largest absolute Gasteiger partial charge is 0.480 e. The highest BCUT2D eigenvalue weighted by Gasteiger charge is 2.26. The average molecular weight is 375 g/mol. The molecule has 0 fully saturated rings. The number of carboxylic acids is 1. The van der Waals surface area contributed by atoms with Crippen LogP contribution >= 0.6 is 0 Å². The molecule has 26 heavy (non-hydrogen) atoms. The van der Waals surface area contributed by atoms with Crippen molar-refractivity contribution in [3.05, 3.63) is 0 Å². The first kappa shape index (κ1) is 23.8. The normalized spacial score (nSPS) is 15.3. The highest BCUT2D eigenvalue weighted by Crippen LogP contribution is 2.02. The summed E-state index contributed by atoms with van der Waals surface area (Å²) in [6.07, 6.45) is 0.363. The molecule has 0 saturated carbocycles. The zero-order chi connectivity index (χ0) is 20.3. The van der Waals surface area contributed by atoms with Crippen LogP contribution in [0.3, 0.4) is 0 Å². The molecule has 4 atom stereocenters. The Morgan fingerprint density at radius 2 is 1.62 bits per heavy atom. The van der Waals surface area contributed by atoms with E-state index in [0.717, 1.165) is 0 Å². The second kappa shape index (κ2) is 12.2. The van der Waals surface area contributed by atoms with Gasteiger partial charge in [0.25, 0.3) is 0 Å². The van der Waals surface area contributed by atoms with Crippen LogP contribution in [0.2, 0.25) is 0 Å². The quantitative estimate of drug-likeness (QED) is 0.175. The highest BCUT2D eigenvalue weighted by atomic mass is 16.4. The maximum atomic E-state index is 12.2. The number of nitrogens with two attached hydrogens (primary N) is 2. The van der Waals surface area contributed by atoms with Crippen LogP contribution in [0.25, 0.3) is 0 Å². The second-order valence-electron chi connectivity index (χ2n) is 5.95. The van der Waals surface area contributed by atoms with E-state index in [1.807, 2.05) is 0 Å². The van der Waals surface area contributed by atoms with E-state index in [1.54, 1.807) is 0 Å². The third kappa shape index (κ3) is 9.30. The first-order chi connectivity index (χ1) is 12.1. The third-order valence-corrected chi connectivity index (χ3v) is 3.57. The van der Waals surface area contributed by atoms with Gasteiger partial charge in [-0.05, 0) is 39.7 Å². The number of aliphatic hydroxyl groups is 1. The fourth-order valence-electron chi connectivity index (χ4n) is 1.94.